The second-order valence-corrected chi connectivity index (χ2v) is 5.53. The molecular formula is C13H11F3N3O3+. The van der Waals surface area contributed by atoms with Crippen molar-refractivity contribution in [3.8, 4) is 0 Å². The van der Waals surface area contributed by atoms with Gasteiger partial charge in [0.1, 0.15) is 6.04 Å². The van der Waals surface area contributed by atoms with E-state index < -0.39 is 22.4 Å². The molecule has 2 aliphatic heterocycles. The highest BCUT2D eigenvalue weighted by molar-refractivity contribution is 5.77. The van der Waals surface area contributed by atoms with Gasteiger partial charge in [-0.15, -0.1) is 5.06 Å². The van der Waals surface area contributed by atoms with Gasteiger partial charge < -0.3 is 0 Å². The van der Waals surface area contributed by atoms with Gasteiger partial charge in [0.25, 0.3) is 0 Å². The Morgan fingerprint density at radius 3 is 2.86 bits per heavy atom. The van der Waals surface area contributed by atoms with E-state index in [2.05, 4.69) is 0 Å². The highest BCUT2D eigenvalue weighted by Gasteiger charge is 2.58. The number of hydrogen-bond donors (Lipinski definition) is 1. The minimum Gasteiger partial charge on any atom is -0.258 e. The zero-order chi connectivity index (χ0) is 15.6. The summed E-state index contributed by atoms with van der Waals surface area (Å²) in [6, 6.07) is 1.31. The summed E-state index contributed by atoms with van der Waals surface area (Å²) in [5.41, 5.74) is -1.28. The molecule has 9 heteroatoms. The minimum atomic E-state index is -4.64. The highest BCUT2D eigenvalue weighted by atomic mass is 19.4. The molecule has 1 aliphatic carbocycles. The van der Waals surface area contributed by atoms with Gasteiger partial charge in [0.05, 0.1) is 10.5 Å². The summed E-state index contributed by atoms with van der Waals surface area (Å²) >= 11 is 0. The number of benzene rings is 1. The van der Waals surface area contributed by atoms with E-state index in [0.717, 1.165) is 18.9 Å². The second kappa shape index (κ2) is 4.20. The Bertz CT molecular complexity index is 704. The Balaban J connectivity index is 1.91. The van der Waals surface area contributed by atoms with Crippen molar-refractivity contribution in [3.63, 3.8) is 0 Å². The van der Waals surface area contributed by atoms with Gasteiger partial charge in [-0.3, -0.25) is 10.1 Å². The van der Waals surface area contributed by atoms with Gasteiger partial charge in [0.2, 0.25) is 5.69 Å². The van der Waals surface area contributed by atoms with Crippen molar-refractivity contribution in [3.05, 3.63) is 40.0 Å². The first-order chi connectivity index (χ1) is 10.4. The van der Waals surface area contributed by atoms with Gasteiger partial charge in [0, 0.05) is 18.6 Å². The van der Waals surface area contributed by atoms with Crippen LogP contribution in [-0.4, -0.2) is 17.0 Å². The first-order valence-electron chi connectivity index (χ1n) is 6.78. The van der Waals surface area contributed by atoms with Crippen LogP contribution < -0.4 is 10.1 Å². The molecule has 2 bridgehead atoms. The number of anilines is 1. The smallest absolute Gasteiger partial charge is 0.258 e. The number of nitrogens with one attached hydrogen (secondary N) is 1. The fourth-order valence-electron chi connectivity index (χ4n) is 3.36. The molecule has 4 rings (SSSR count). The third kappa shape index (κ3) is 1.69. The molecule has 0 spiro atoms. The van der Waals surface area contributed by atoms with E-state index in [1.807, 2.05) is 12.2 Å². The third-order valence-corrected chi connectivity index (χ3v) is 4.29. The molecule has 1 saturated heterocycles. The number of nitro groups is 1. The van der Waals surface area contributed by atoms with Crippen LogP contribution in [0.2, 0.25) is 0 Å². The van der Waals surface area contributed by atoms with E-state index >= 15 is 0 Å². The largest absolute Gasteiger partial charge is 0.416 e. The number of rotatable bonds is 1. The monoisotopic (exact) mass is 314 g/mol. The number of halogens is 3. The van der Waals surface area contributed by atoms with Crippen molar-refractivity contribution in [1.82, 2.24) is 0 Å². The van der Waals surface area contributed by atoms with Crippen molar-refractivity contribution in [2.45, 2.75) is 31.1 Å². The maximum absolute atomic E-state index is 13.0. The lowest BCUT2D eigenvalue weighted by molar-refractivity contribution is -1.04. The zero-order valence-electron chi connectivity index (χ0n) is 11.1. The lowest BCUT2D eigenvalue weighted by Gasteiger charge is -2.26. The zero-order valence-corrected chi connectivity index (χ0v) is 11.1. The van der Waals surface area contributed by atoms with Crippen molar-refractivity contribution in [2.24, 2.45) is 0 Å². The number of quaternary nitrogens is 1. The SMILES string of the molecule is O=[N+]([O-])c1cc(C(F)(F)F)cc2c1N1O[NH+]2C2CCC=CC21. The molecule has 0 aromatic heterocycles. The standard InChI is InChI=1S/C13H10F3N3O3/c14-13(15,16)7-5-10-12(11(6-7)19(20)21)18-9-4-2-1-3-8(9)17(10)22-18/h2,4-6,8-9H,1,3H2/p+1. The van der Waals surface area contributed by atoms with Crippen LogP contribution >= 0.6 is 0 Å². The molecule has 6 nitrogen and oxygen atoms in total. The highest BCUT2D eigenvalue weighted by Crippen LogP contribution is 2.46. The first-order valence-corrected chi connectivity index (χ1v) is 6.78. The average molecular weight is 314 g/mol. The molecule has 1 aromatic rings. The molecular weight excluding hydrogens is 303 g/mol. The predicted molar refractivity (Wildman–Crippen MR) is 68.2 cm³/mol. The van der Waals surface area contributed by atoms with Crippen LogP contribution in [0.1, 0.15) is 18.4 Å². The van der Waals surface area contributed by atoms with E-state index in [4.69, 9.17) is 4.94 Å². The summed E-state index contributed by atoms with van der Waals surface area (Å²) in [6.45, 7) is 0. The summed E-state index contributed by atoms with van der Waals surface area (Å²) in [7, 11) is 0. The Labute approximate surface area is 122 Å². The van der Waals surface area contributed by atoms with E-state index in [1.165, 1.54) is 5.06 Å². The molecule has 1 N–H and O–H groups in total. The lowest BCUT2D eigenvalue weighted by atomic mass is 9.93. The Kier molecular flexibility index (Phi) is 2.58. The fourth-order valence-corrected chi connectivity index (χ4v) is 3.36. The Morgan fingerprint density at radius 1 is 1.41 bits per heavy atom. The van der Waals surface area contributed by atoms with Crippen molar-refractivity contribution in [1.29, 1.82) is 0 Å². The van der Waals surface area contributed by atoms with Gasteiger partial charge in [0.15, 0.2) is 11.7 Å². The minimum absolute atomic E-state index is 0.0411. The van der Waals surface area contributed by atoms with Crippen LogP contribution in [0.15, 0.2) is 24.3 Å². The number of nitro benzene ring substituents is 1. The predicted octanol–water partition coefficient (Wildman–Crippen LogP) is 1.90. The lowest BCUT2D eigenvalue weighted by Crippen LogP contribution is -3.08. The van der Waals surface area contributed by atoms with Crippen molar-refractivity contribution >= 4 is 17.1 Å². The summed E-state index contributed by atoms with van der Waals surface area (Å²) < 4.78 is 38.9. The topological polar surface area (TPSA) is 60.0 Å². The number of allylic oxidation sites excluding steroid dienone is 1. The quantitative estimate of drug-likeness (QED) is 0.489. The molecule has 3 atom stereocenters. The summed E-state index contributed by atoms with van der Waals surface area (Å²) in [5.74, 6) is 0. The molecule has 3 aliphatic rings. The van der Waals surface area contributed by atoms with Crippen LogP contribution in [0, 0.1) is 10.1 Å². The number of hydrogen-bond acceptors (Lipinski definition) is 4. The van der Waals surface area contributed by atoms with Crippen LogP contribution in [0.5, 0.6) is 0 Å². The maximum Gasteiger partial charge on any atom is 0.416 e. The molecule has 0 saturated carbocycles. The molecule has 22 heavy (non-hydrogen) atoms. The van der Waals surface area contributed by atoms with Crippen LogP contribution in [-0.2, 0) is 11.1 Å². The number of fused-ring (bicyclic) bond motifs is 8. The van der Waals surface area contributed by atoms with Crippen LogP contribution in [0.4, 0.5) is 30.2 Å². The number of nitrogens with zero attached hydrogens (tertiary/aromatic N) is 2. The van der Waals surface area contributed by atoms with E-state index in [1.54, 1.807) is 0 Å². The van der Waals surface area contributed by atoms with Gasteiger partial charge in [-0.25, -0.2) is 0 Å². The molecule has 2 heterocycles. The van der Waals surface area contributed by atoms with Gasteiger partial charge in [-0.2, -0.15) is 18.2 Å². The molecule has 1 fully saturated rings. The summed E-state index contributed by atoms with van der Waals surface area (Å²) in [5, 5.41) is 13.0. The molecule has 0 amide bonds. The van der Waals surface area contributed by atoms with Crippen LogP contribution in [0.3, 0.4) is 0 Å². The molecule has 3 unspecified atom stereocenters. The van der Waals surface area contributed by atoms with Crippen molar-refractivity contribution in [2.75, 3.05) is 5.06 Å². The van der Waals surface area contributed by atoms with E-state index in [0.29, 0.717) is 11.1 Å². The third-order valence-electron chi connectivity index (χ3n) is 4.29. The van der Waals surface area contributed by atoms with E-state index in [9.17, 15) is 23.3 Å². The van der Waals surface area contributed by atoms with Gasteiger partial charge in [-0.1, -0.05) is 17.1 Å². The number of hydroxylamine groups is 2. The van der Waals surface area contributed by atoms with Gasteiger partial charge >= 0.3 is 11.9 Å². The first kappa shape index (κ1) is 13.5. The average Bonchev–Trinajstić information content (AvgIpc) is 3.02. The maximum atomic E-state index is 13.0. The van der Waals surface area contributed by atoms with Gasteiger partial charge in [-0.05, 0) is 6.42 Å². The Morgan fingerprint density at radius 2 is 2.18 bits per heavy atom. The van der Waals surface area contributed by atoms with Crippen LogP contribution in [0.25, 0.3) is 0 Å². The number of alkyl halides is 3. The molecule has 116 valence electrons. The van der Waals surface area contributed by atoms with Crippen molar-refractivity contribution < 1.29 is 28.1 Å². The fraction of sp³-hybridized carbons (Fsp3) is 0.385. The van der Waals surface area contributed by atoms with E-state index in [-0.39, 0.29) is 23.5 Å². The normalized spacial score (nSPS) is 28.7. The molecule has 1 aromatic carbocycles. The second-order valence-electron chi connectivity index (χ2n) is 5.53. The molecule has 0 radical (unpaired) electrons. The Hall–Kier alpha value is -2.13. The summed E-state index contributed by atoms with van der Waals surface area (Å²) in [4.78, 5) is 16.0. The summed E-state index contributed by atoms with van der Waals surface area (Å²) in [6.07, 6.45) is 0.797.